The van der Waals surface area contributed by atoms with Gasteiger partial charge in [-0.2, -0.15) is 0 Å². The summed E-state index contributed by atoms with van der Waals surface area (Å²) < 4.78 is 1.31. The molecule has 1 unspecified atom stereocenters. The van der Waals surface area contributed by atoms with Crippen molar-refractivity contribution in [2.45, 2.75) is 39.0 Å². The molecular weight excluding hydrogens is 198 g/mol. The van der Waals surface area contributed by atoms with Gasteiger partial charge in [-0.1, -0.05) is 0 Å². The molecule has 0 bridgehead atoms. The molecule has 1 rings (SSSR count). The van der Waals surface area contributed by atoms with Gasteiger partial charge in [0.2, 0.25) is 5.91 Å². The van der Waals surface area contributed by atoms with E-state index in [-0.39, 0.29) is 12.5 Å². The predicted molar refractivity (Wildman–Crippen MR) is 51.7 cm³/mol. The van der Waals surface area contributed by atoms with Crippen LogP contribution in [-0.4, -0.2) is 42.9 Å². The van der Waals surface area contributed by atoms with Gasteiger partial charge in [0.05, 0.1) is 11.6 Å². The molecular formula is C8H15N5O2. The number of aliphatic hydroxyl groups is 1. The van der Waals surface area contributed by atoms with Crippen molar-refractivity contribution in [1.29, 1.82) is 0 Å². The standard InChI is InChI=1S/C8H15N5O2/c1-6(14)8(2,3)10-7(15)4-13-5-9-11-12-13/h5-6,14H,4H2,1-3H3,(H,10,15). The van der Waals surface area contributed by atoms with Gasteiger partial charge >= 0.3 is 0 Å². The number of tetrazole rings is 1. The van der Waals surface area contributed by atoms with Crippen LogP contribution in [0.15, 0.2) is 6.33 Å². The molecule has 1 heterocycles. The van der Waals surface area contributed by atoms with E-state index in [0.717, 1.165) is 0 Å². The first-order chi connectivity index (χ1) is 6.92. The van der Waals surface area contributed by atoms with Crippen molar-refractivity contribution < 1.29 is 9.90 Å². The van der Waals surface area contributed by atoms with Crippen molar-refractivity contribution in [2.75, 3.05) is 0 Å². The molecule has 84 valence electrons. The summed E-state index contributed by atoms with van der Waals surface area (Å²) in [6.07, 6.45) is 0.727. The van der Waals surface area contributed by atoms with E-state index in [0.29, 0.717) is 0 Å². The summed E-state index contributed by atoms with van der Waals surface area (Å²) in [7, 11) is 0. The van der Waals surface area contributed by atoms with E-state index in [4.69, 9.17) is 0 Å². The fourth-order valence-electron chi connectivity index (χ4n) is 0.903. The number of nitrogens with one attached hydrogen (secondary N) is 1. The molecule has 1 aromatic heterocycles. The van der Waals surface area contributed by atoms with Crippen LogP contribution in [0, 0.1) is 0 Å². The Morgan fingerprint density at radius 3 is 2.80 bits per heavy atom. The van der Waals surface area contributed by atoms with Gasteiger partial charge in [0.1, 0.15) is 12.9 Å². The van der Waals surface area contributed by atoms with Crippen LogP contribution >= 0.6 is 0 Å². The third-order valence-electron chi connectivity index (χ3n) is 2.20. The lowest BCUT2D eigenvalue weighted by atomic mass is 9.99. The quantitative estimate of drug-likeness (QED) is 0.665. The number of aliphatic hydroxyl groups excluding tert-OH is 1. The minimum absolute atomic E-state index is 0.0448. The Hall–Kier alpha value is -1.50. The minimum atomic E-state index is -0.662. The Labute approximate surface area is 87.5 Å². The lowest BCUT2D eigenvalue weighted by molar-refractivity contribution is -0.124. The van der Waals surface area contributed by atoms with E-state index in [2.05, 4.69) is 20.8 Å². The molecule has 7 nitrogen and oxygen atoms in total. The molecule has 0 saturated heterocycles. The van der Waals surface area contributed by atoms with Crippen molar-refractivity contribution in [1.82, 2.24) is 25.5 Å². The van der Waals surface area contributed by atoms with Crippen LogP contribution in [0.3, 0.4) is 0 Å². The Kier molecular flexibility index (Phi) is 3.35. The highest BCUT2D eigenvalue weighted by Gasteiger charge is 2.25. The van der Waals surface area contributed by atoms with E-state index in [1.165, 1.54) is 11.0 Å². The largest absolute Gasteiger partial charge is 0.391 e. The SMILES string of the molecule is CC(O)C(C)(C)NC(=O)Cn1cnnn1. The molecule has 0 radical (unpaired) electrons. The maximum Gasteiger partial charge on any atom is 0.242 e. The van der Waals surface area contributed by atoms with E-state index in [9.17, 15) is 9.90 Å². The number of hydrogen-bond donors (Lipinski definition) is 2. The maximum atomic E-state index is 11.5. The van der Waals surface area contributed by atoms with Gasteiger partial charge in [-0.3, -0.25) is 4.79 Å². The molecule has 2 N–H and O–H groups in total. The fraction of sp³-hybridized carbons (Fsp3) is 0.750. The van der Waals surface area contributed by atoms with Crippen molar-refractivity contribution in [3.05, 3.63) is 6.33 Å². The van der Waals surface area contributed by atoms with Gasteiger partial charge in [0.25, 0.3) is 0 Å². The van der Waals surface area contributed by atoms with Crippen LogP contribution < -0.4 is 5.32 Å². The summed E-state index contributed by atoms with van der Waals surface area (Å²) >= 11 is 0. The van der Waals surface area contributed by atoms with Crippen LogP contribution in [0.2, 0.25) is 0 Å². The normalized spacial score (nSPS) is 13.6. The zero-order valence-electron chi connectivity index (χ0n) is 9.01. The van der Waals surface area contributed by atoms with Gasteiger partial charge in [-0.25, -0.2) is 4.68 Å². The lowest BCUT2D eigenvalue weighted by Crippen LogP contribution is -2.51. The van der Waals surface area contributed by atoms with Crippen molar-refractivity contribution >= 4 is 5.91 Å². The lowest BCUT2D eigenvalue weighted by Gasteiger charge is -2.29. The second kappa shape index (κ2) is 4.35. The smallest absolute Gasteiger partial charge is 0.242 e. The molecule has 1 amide bonds. The molecule has 1 aromatic rings. The molecule has 0 aliphatic rings. The first-order valence-corrected chi connectivity index (χ1v) is 4.61. The second-order valence-electron chi connectivity index (χ2n) is 3.95. The Bertz CT molecular complexity index is 320. The highest BCUT2D eigenvalue weighted by atomic mass is 16.3. The molecule has 7 heteroatoms. The van der Waals surface area contributed by atoms with Gasteiger partial charge < -0.3 is 10.4 Å². The van der Waals surface area contributed by atoms with E-state index >= 15 is 0 Å². The Morgan fingerprint density at radius 2 is 2.33 bits per heavy atom. The molecule has 0 fully saturated rings. The van der Waals surface area contributed by atoms with Gasteiger partial charge in [-0.05, 0) is 31.2 Å². The summed E-state index contributed by atoms with van der Waals surface area (Å²) in [5.74, 6) is -0.242. The Balaban J connectivity index is 2.50. The number of carbonyl (C=O) groups is 1. The van der Waals surface area contributed by atoms with Gasteiger partial charge in [0.15, 0.2) is 0 Å². The van der Waals surface area contributed by atoms with Crippen molar-refractivity contribution in [2.24, 2.45) is 0 Å². The first kappa shape index (κ1) is 11.6. The van der Waals surface area contributed by atoms with Crippen LogP contribution in [-0.2, 0) is 11.3 Å². The van der Waals surface area contributed by atoms with Crippen LogP contribution in [0.1, 0.15) is 20.8 Å². The molecule has 0 aromatic carbocycles. The third-order valence-corrected chi connectivity index (χ3v) is 2.20. The van der Waals surface area contributed by atoms with Crippen LogP contribution in [0.25, 0.3) is 0 Å². The molecule has 15 heavy (non-hydrogen) atoms. The average molecular weight is 213 g/mol. The zero-order valence-corrected chi connectivity index (χ0v) is 9.01. The zero-order chi connectivity index (χ0) is 11.5. The molecule has 0 aliphatic carbocycles. The number of hydrogen-bond acceptors (Lipinski definition) is 5. The van der Waals surface area contributed by atoms with E-state index in [1.807, 2.05) is 0 Å². The highest BCUT2D eigenvalue weighted by molar-refractivity contribution is 5.76. The highest BCUT2D eigenvalue weighted by Crippen LogP contribution is 2.07. The summed E-state index contributed by atoms with van der Waals surface area (Å²) in [4.78, 5) is 11.5. The van der Waals surface area contributed by atoms with Crippen LogP contribution in [0.5, 0.6) is 0 Å². The number of nitrogens with zero attached hydrogens (tertiary/aromatic N) is 4. The van der Waals surface area contributed by atoms with Crippen molar-refractivity contribution in [3.8, 4) is 0 Å². The number of carbonyl (C=O) groups excluding carboxylic acids is 1. The first-order valence-electron chi connectivity index (χ1n) is 4.61. The number of amides is 1. The third kappa shape index (κ3) is 3.28. The monoisotopic (exact) mass is 213 g/mol. The number of aromatic nitrogens is 4. The summed E-state index contributed by atoms with van der Waals surface area (Å²) in [5.41, 5.74) is -0.662. The van der Waals surface area contributed by atoms with E-state index < -0.39 is 11.6 Å². The van der Waals surface area contributed by atoms with Crippen LogP contribution in [0.4, 0.5) is 0 Å². The second-order valence-corrected chi connectivity index (χ2v) is 3.95. The fourth-order valence-corrected chi connectivity index (χ4v) is 0.903. The molecule has 0 spiro atoms. The van der Waals surface area contributed by atoms with Gasteiger partial charge in [-0.15, -0.1) is 5.10 Å². The molecule has 1 atom stereocenters. The summed E-state index contributed by atoms with van der Waals surface area (Å²) in [6, 6.07) is 0. The predicted octanol–water partition coefficient (Wildman–Crippen LogP) is -1.05. The Morgan fingerprint density at radius 1 is 1.67 bits per heavy atom. The van der Waals surface area contributed by atoms with Gasteiger partial charge in [0, 0.05) is 0 Å². The maximum absolute atomic E-state index is 11.5. The average Bonchev–Trinajstić information content (AvgIpc) is 2.54. The number of rotatable bonds is 4. The van der Waals surface area contributed by atoms with Crippen molar-refractivity contribution in [3.63, 3.8) is 0 Å². The topological polar surface area (TPSA) is 92.9 Å². The minimum Gasteiger partial charge on any atom is -0.391 e. The summed E-state index contributed by atoms with van der Waals surface area (Å²) in [6.45, 7) is 5.16. The molecule has 0 saturated carbocycles. The molecule has 0 aliphatic heterocycles. The van der Waals surface area contributed by atoms with E-state index in [1.54, 1.807) is 20.8 Å². The summed E-state index contributed by atoms with van der Waals surface area (Å²) in [5, 5.41) is 22.5.